The van der Waals surface area contributed by atoms with Crippen LogP contribution in [0.3, 0.4) is 0 Å². The monoisotopic (exact) mass is 229 g/mol. The van der Waals surface area contributed by atoms with Crippen LogP contribution in [0.4, 0.5) is 0 Å². The summed E-state index contributed by atoms with van der Waals surface area (Å²) in [5, 5.41) is 3.33. The second-order valence-electron chi connectivity index (χ2n) is 4.15. The summed E-state index contributed by atoms with van der Waals surface area (Å²) in [6.07, 6.45) is 9.13. The molecule has 17 heavy (non-hydrogen) atoms. The number of hydrogen-bond acceptors (Lipinski definition) is 2. The minimum Gasteiger partial charge on any atom is -0.354 e. The Labute approximate surface area is 103 Å². The summed E-state index contributed by atoms with van der Waals surface area (Å²) in [4.78, 5) is 4.12. The van der Waals surface area contributed by atoms with Gasteiger partial charge < -0.3 is 9.88 Å². The van der Waals surface area contributed by atoms with Gasteiger partial charge in [-0.3, -0.25) is 4.98 Å². The van der Waals surface area contributed by atoms with Crippen LogP contribution in [0, 0.1) is 0 Å². The highest BCUT2D eigenvalue weighted by molar-refractivity contribution is 5.12. The molecule has 0 saturated heterocycles. The lowest BCUT2D eigenvalue weighted by Crippen LogP contribution is -2.11. The lowest BCUT2D eigenvalue weighted by molar-refractivity contribution is 0.688. The Morgan fingerprint density at radius 2 is 2.24 bits per heavy atom. The first-order valence-corrected chi connectivity index (χ1v) is 6.13. The van der Waals surface area contributed by atoms with Gasteiger partial charge in [0.05, 0.1) is 0 Å². The van der Waals surface area contributed by atoms with Crippen LogP contribution < -0.4 is 5.32 Å². The third kappa shape index (κ3) is 3.71. The Hall–Kier alpha value is -1.61. The number of pyridine rings is 1. The fraction of sp³-hybridized carbons (Fsp3) is 0.357. The van der Waals surface area contributed by atoms with Gasteiger partial charge in [0.1, 0.15) is 0 Å². The Bertz CT molecular complexity index is 434. The maximum absolute atomic E-state index is 4.12. The van der Waals surface area contributed by atoms with Gasteiger partial charge >= 0.3 is 0 Å². The van der Waals surface area contributed by atoms with E-state index in [2.05, 4.69) is 46.3 Å². The van der Waals surface area contributed by atoms with E-state index >= 15 is 0 Å². The minimum absolute atomic E-state index is 0.955. The number of aromatic nitrogens is 2. The summed E-state index contributed by atoms with van der Waals surface area (Å²) in [5.41, 5.74) is 2.63. The molecule has 2 rings (SSSR count). The van der Waals surface area contributed by atoms with Gasteiger partial charge in [-0.15, -0.1) is 0 Å². The second kappa shape index (κ2) is 6.21. The predicted molar refractivity (Wildman–Crippen MR) is 69.8 cm³/mol. The van der Waals surface area contributed by atoms with E-state index in [1.54, 1.807) is 0 Å². The van der Waals surface area contributed by atoms with Crippen LogP contribution in [0.15, 0.2) is 43.0 Å². The number of rotatable bonds is 6. The van der Waals surface area contributed by atoms with Crippen LogP contribution in [0.2, 0.25) is 0 Å². The summed E-state index contributed by atoms with van der Waals surface area (Å²) in [6.45, 7) is 5.11. The summed E-state index contributed by atoms with van der Waals surface area (Å²) in [7, 11) is 0. The van der Waals surface area contributed by atoms with E-state index in [1.807, 2.05) is 18.5 Å². The molecule has 0 aliphatic carbocycles. The van der Waals surface area contributed by atoms with E-state index in [1.165, 1.54) is 11.1 Å². The van der Waals surface area contributed by atoms with Crippen LogP contribution in [-0.2, 0) is 19.5 Å². The first-order chi connectivity index (χ1) is 8.38. The molecule has 0 radical (unpaired) electrons. The van der Waals surface area contributed by atoms with Crippen molar-refractivity contribution in [1.29, 1.82) is 0 Å². The highest BCUT2D eigenvalue weighted by Gasteiger charge is 1.97. The molecule has 0 amide bonds. The molecule has 0 unspecified atom stereocenters. The van der Waals surface area contributed by atoms with Crippen LogP contribution in [0.1, 0.15) is 18.1 Å². The van der Waals surface area contributed by atoms with Crippen molar-refractivity contribution >= 4 is 0 Å². The number of aryl methyl sites for hydroxylation is 2. The molecule has 0 spiro atoms. The summed E-state index contributed by atoms with van der Waals surface area (Å²) >= 11 is 0. The predicted octanol–water partition coefficient (Wildman–Crippen LogP) is 2.24. The molecule has 2 aromatic heterocycles. The van der Waals surface area contributed by atoms with Gasteiger partial charge in [-0.2, -0.15) is 0 Å². The SMILES string of the molecule is CCNCc1ccn(CCc2cccnc2)c1. The lowest BCUT2D eigenvalue weighted by Gasteiger charge is -2.02. The molecule has 2 aromatic rings. The Morgan fingerprint density at radius 3 is 3.00 bits per heavy atom. The van der Waals surface area contributed by atoms with Gasteiger partial charge in [0.15, 0.2) is 0 Å². The quantitative estimate of drug-likeness (QED) is 0.823. The first-order valence-electron chi connectivity index (χ1n) is 6.13. The van der Waals surface area contributed by atoms with E-state index < -0.39 is 0 Å². The maximum atomic E-state index is 4.12. The maximum Gasteiger partial charge on any atom is 0.0300 e. The molecule has 0 saturated carbocycles. The Balaban J connectivity index is 1.85. The Morgan fingerprint density at radius 1 is 1.29 bits per heavy atom. The fourth-order valence-electron chi connectivity index (χ4n) is 1.81. The van der Waals surface area contributed by atoms with Crippen molar-refractivity contribution in [2.75, 3.05) is 6.54 Å². The number of hydrogen-bond donors (Lipinski definition) is 1. The van der Waals surface area contributed by atoms with E-state index in [-0.39, 0.29) is 0 Å². The topological polar surface area (TPSA) is 29.9 Å². The van der Waals surface area contributed by atoms with E-state index in [9.17, 15) is 0 Å². The van der Waals surface area contributed by atoms with Gasteiger partial charge in [0.25, 0.3) is 0 Å². The summed E-state index contributed by atoms with van der Waals surface area (Å²) in [5.74, 6) is 0. The molecule has 3 nitrogen and oxygen atoms in total. The van der Waals surface area contributed by atoms with Gasteiger partial charge in [-0.25, -0.2) is 0 Å². The van der Waals surface area contributed by atoms with Crippen molar-refractivity contribution in [1.82, 2.24) is 14.9 Å². The molecular weight excluding hydrogens is 210 g/mol. The average molecular weight is 229 g/mol. The molecule has 0 bridgehead atoms. The lowest BCUT2D eigenvalue weighted by atomic mass is 10.2. The molecule has 2 heterocycles. The van der Waals surface area contributed by atoms with Crippen molar-refractivity contribution in [2.24, 2.45) is 0 Å². The molecule has 0 atom stereocenters. The van der Waals surface area contributed by atoms with E-state index in [0.29, 0.717) is 0 Å². The average Bonchev–Trinajstić information content (AvgIpc) is 2.83. The largest absolute Gasteiger partial charge is 0.354 e. The van der Waals surface area contributed by atoms with Gasteiger partial charge in [0.2, 0.25) is 0 Å². The van der Waals surface area contributed by atoms with Crippen molar-refractivity contribution in [3.63, 3.8) is 0 Å². The molecule has 3 heteroatoms. The molecule has 0 aliphatic rings. The first kappa shape index (κ1) is 11.9. The van der Waals surface area contributed by atoms with Crippen molar-refractivity contribution in [2.45, 2.75) is 26.4 Å². The van der Waals surface area contributed by atoms with E-state index in [4.69, 9.17) is 0 Å². The van der Waals surface area contributed by atoms with Crippen molar-refractivity contribution in [3.8, 4) is 0 Å². The smallest absolute Gasteiger partial charge is 0.0300 e. The summed E-state index contributed by atoms with van der Waals surface area (Å²) < 4.78 is 2.24. The zero-order valence-corrected chi connectivity index (χ0v) is 10.3. The zero-order chi connectivity index (χ0) is 11.9. The molecule has 90 valence electrons. The van der Waals surface area contributed by atoms with Crippen LogP contribution >= 0.6 is 0 Å². The molecule has 0 aliphatic heterocycles. The third-order valence-corrected chi connectivity index (χ3v) is 2.77. The standard InChI is InChI=1S/C14H19N3/c1-2-15-11-14-6-9-17(12-14)8-5-13-4-3-7-16-10-13/h3-4,6-7,9-10,12,15H,2,5,8,11H2,1H3. The van der Waals surface area contributed by atoms with Crippen LogP contribution in [-0.4, -0.2) is 16.1 Å². The number of nitrogens with zero attached hydrogens (tertiary/aromatic N) is 2. The van der Waals surface area contributed by atoms with Crippen molar-refractivity contribution < 1.29 is 0 Å². The van der Waals surface area contributed by atoms with E-state index in [0.717, 1.165) is 26.1 Å². The van der Waals surface area contributed by atoms with Crippen molar-refractivity contribution in [3.05, 3.63) is 54.1 Å². The highest BCUT2D eigenvalue weighted by atomic mass is 14.9. The Kier molecular flexibility index (Phi) is 4.33. The zero-order valence-electron chi connectivity index (χ0n) is 10.3. The molecule has 1 N–H and O–H groups in total. The number of nitrogens with one attached hydrogen (secondary N) is 1. The van der Waals surface area contributed by atoms with Gasteiger partial charge in [0, 0.05) is 37.9 Å². The fourth-order valence-corrected chi connectivity index (χ4v) is 1.81. The van der Waals surface area contributed by atoms with Crippen LogP contribution in [0.5, 0.6) is 0 Å². The highest BCUT2D eigenvalue weighted by Crippen LogP contribution is 2.04. The van der Waals surface area contributed by atoms with Gasteiger partial charge in [-0.05, 0) is 36.2 Å². The normalized spacial score (nSPS) is 10.6. The van der Waals surface area contributed by atoms with Gasteiger partial charge in [-0.1, -0.05) is 13.0 Å². The molecule has 0 aromatic carbocycles. The minimum atomic E-state index is 0.955. The second-order valence-corrected chi connectivity index (χ2v) is 4.15. The summed E-state index contributed by atoms with van der Waals surface area (Å²) in [6, 6.07) is 6.28. The van der Waals surface area contributed by atoms with Crippen LogP contribution in [0.25, 0.3) is 0 Å². The molecular formula is C14H19N3. The third-order valence-electron chi connectivity index (χ3n) is 2.77. The molecule has 0 fully saturated rings.